The maximum Gasteiger partial charge on any atom is 0.387 e. The molecule has 0 radical (unpaired) electrons. The summed E-state index contributed by atoms with van der Waals surface area (Å²) in [5.74, 6) is -0.429. The summed E-state index contributed by atoms with van der Waals surface area (Å²) in [6.07, 6.45) is 3.78. The molecule has 0 bridgehead atoms. The summed E-state index contributed by atoms with van der Waals surface area (Å²) in [6, 6.07) is 4.12. The predicted octanol–water partition coefficient (Wildman–Crippen LogP) is 2.99. The van der Waals surface area contributed by atoms with Crippen molar-refractivity contribution < 1.29 is 23.1 Å². The van der Waals surface area contributed by atoms with E-state index in [9.17, 15) is 18.4 Å². The van der Waals surface area contributed by atoms with E-state index in [2.05, 4.69) is 42.6 Å². The number of carbonyl (C=O) groups is 2. The second-order valence-corrected chi connectivity index (χ2v) is 10.1. The fourth-order valence-electron chi connectivity index (χ4n) is 5.26. The maximum atomic E-state index is 13.1. The third kappa shape index (κ3) is 5.16. The molecule has 0 saturated carbocycles. The largest absolute Gasteiger partial charge is 0.434 e. The van der Waals surface area contributed by atoms with Crippen LogP contribution in [0.2, 0.25) is 5.02 Å². The van der Waals surface area contributed by atoms with Crippen molar-refractivity contribution in [2.75, 3.05) is 50.9 Å². The highest BCUT2D eigenvalue weighted by atomic mass is 35.5. The Labute approximate surface area is 222 Å². The van der Waals surface area contributed by atoms with Crippen molar-refractivity contribution >= 4 is 34.9 Å². The van der Waals surface area contributed by atoms with Crippen LogP contribution >= 0.6 is 11.6 Å². The molecule has 3 aromatic rings. The van der Waals surface area contributed by atoms with Crippen LogP contribution in [0.15, 0.2) is 30.6 Å². The number of carbonyl (C=O) groups excluding carboxylic acids is 2. The number of aromatic nitrogens is 4. The number of aromatic amines is 1. The number of benzene rings is 1. The van der Waals surface area contributed by atoms with Gasteiger partial charge in [-0.3, -0.25) is 19.4 Å². The van der Waals surface area contributed by atoms with Crippen LogP contribution in [-0.2, 0) is 11.3 Å². The average molecular weight is 549 g/mol. The molecule has 4 heterocycles. The van der Waals surface area contributed by atoms with Crippen LogP contribution in [0.5, 0.6) is 5.75 Å². The van der Waals surface area contributed by atoms with E-state index >= 15 is 0 Å². The molecule has 1 aromatic carbocycles. The number of amides is 2. The Hall–Kier alpha value is -3.71. The molecule has 2 saturated heterocycles. The molecule has 2 aromatic heterocycles. The van der Waals surface area contributed by atoms with Crippen LogP contribution < -0.4 is 15.4 Å². The van der Waals surface area contributed by atoms with Crippen LogP contribution in [0.3, 0.4) is 0 Å². The first-order valence-electron chi connectivity index (χ1n) is 12.0. The molecule has 0 atom stereocenters. The molecule has 14 heteroatoms. The van der Waals surface area contributed by atoms with Gasteiger partial charge in [-0.1, -0.05) is 11.6 Å². The van der Waals surface area contributed by atoms with Crippen molar-refractivity contribution in [2.45, 2.75) is 19.6 Å². The fourth-order valence-corrected chi connectivity index (χ4v) is 5.43. The number of nitrogens with one attached hydrogen (secondary N) is 3. The molecule has 2 fully saturated rings. The van der Waals surface area contributed by atoms with Crippen LogP contribution in [0, 0.1) is 5.41 Å². The molecule has 2 aliphatic rings. The van der Waals surface area contributed by atoms with E-state index < -0.39 is 12.5 Å². The highest BCUT2D eigenvalue weighted by molar-refractivity contribution is 6.31. The number of hydrogen-bond donors (Lipinski definition) is 3. The summed E-state index contributed by atoms with van der Waals surface area (Å²) < 4.78 is 32.4. The predicted molar refractivity (Wildman–Crippen MR) is 137 cm³/mol. The number of likely N-dealkylation sites (tertiary alicyclic amines) is 2. The van der Waals surface area contributed by atoms with E-state index in [1.807, 2.05) is 4.90 Å². The van der Waals surface area contributed by atoms with Gasteiger partial charge in [0.2, 0.25) is 5.91 Å². The van der Waals surface area contributed by atoms with Gasteiger partial charge in [0.25, 0.3) is 5.91 Å². The molecule has 38 heavy (non-hydrogen) atoms. The fraction of sp³-hybridized carbons (Fsp3) is 0.417. The van der Waals surface area contributed by atoms with Gasteiger partial charge >= 0.3 is 6.61 Å². The van der Waals surface area contributed by atoms with Crippen molar-refractivity contribution in [3.8, 4) is 17.0 Å². The van der Waals surface area contributed by atoms with Crippen molar-refractivity contribution in [1.29, 1.82) is 0 Å². The lowest BCUT2D eigenvalue weighted by Crippen LogP contribution is -2.55. The van der Waals surface area contributed by atoms with E-state index in [0.29, 0.717) is 18.9 Å². The SMILES string of the molecule is CNc1[nH]ncc1C(=O)Nc1cn(CC(=O)N2CCC3(CN(C)C3)C2)nc1-c1cc(Cl)ccc1OC(F)F. The number of H-pyrrole nitrogens is 1. The number of rotatable bonds is 8. The molecular weight excluding hydrogens is 522 g/mol. The minimum Gasteiger partial charge on any atom is -0.434 e. The third-order valence-corrected chi connectivity index (χ3v) is 7.09. The first-order valence-corrected chi connectivity index (χ1v) is 12.4. The van der Waals surface area contributed by atoms with Gasteiger partial charge in [0.1, 0.15) is 29.4 Å². The number of hydrogen-bond acceptors (Lipinski definition) is 7. The van der Waals surface area contributed by atoms with E-state index in [4.69, 9.17) is 11.6 Å². The quantitative estimate of drug-likeness (QED) is 0.396. The van der Waals surface area contributed by atoms with Gasteiger partial charge in [0.15, 0.2) is 0 Å². The first kappa shape index (κ1) is 25.9. The standard InChI is InChI=1S/C24H27ClF2N8O3/c1-28-21-16(8-29-31-21)22(37)30-17-9-35(10-19(36)34-6-5-24(13-34)11-33(2)12-24)32-20(17)15-7-14(25)3-4-18(15)38-23(26)27/h3-4,7-9,23H,5-6,10-13H2,1-2H3,(H,30,37)(H2,28,29,31). The summed E-state index contributed by atoms with van der Waals surface area (Å²) in [5, 5.41) is 16.9. The Morgan fingerprint density at radius 1 is 1.29 bits per heavy atom. The molecule has 202 valence electrons. The minimum absolute atomic E-state index is 0.0894. The summed E-state index contributed by atoms with van der Waals surface area (Å²) in [4.78, 5) is 30.2. The molecule has 0 unspecified atom stereocenters. The smallest absolute Gasteiger partial charge is 0.387 e. The summed E-state index contributed by atoms with van der Waals surface area (Å²) in [5.41, 5.74) is 0.822. The normalized spacial score (nSPS) is 16.6. The zero-order chi connectivity index (χ0) is 27.0. The Morgan fingerprint density at radius 3 is 2.79 bits per heavy atom. The monoisotopic (exact) mass is 548 g/mol. The lowest BCUT2D eigenvalue weighted by Gasteiger charge is -2.46. The van der Waals surface area contributed by atoms with Crippen molar-refractivity contribution in [2.24, 2.45) is 5.41 Å². The van der Waals surface area contributed by atoms with E-state index in [1.54, 1.807) is 7.05 Å². The Bertz CT molecular complexity index is 1350. The molecule has 11 nitrogen and oxygen atoms in total. The third-order valence-electron chi connectivity index (χ3n) is 6.86. The molecular formula is C24H27ClF2N8O3. The van der Waals surface area contributed by atoms with E-state index in [-0.39, 0.29) is 51.1 Å². The molecule has 5 rings (SSSR count). The summed E-state index contributed by atoms with van der Waals surface area (Å²) in [7, 11) is 3.69. The van der Waals surface area contributed by atoms with Crippen molar-refractivity contribution in [1.82, 2.24) is 29.8 Å². The molecule has 2 amide bonds. The number of alkyl halides is 2. The van der Waals surface area contributed by atoms with E-state index in [0.717, 1.165) is 19.5 Å². The van der Waals surface area contributed by atoms with E-state index in [1.165, 1.54) is 35.3 Å². The van der Waals surface area contributed by atoms with Crippen LogP contribution in [-0.4, -0.2) is 88.5 Å². The number of nitrogens with zero attached hydrogens (tertiary/aromatic N) is 5. The van der Waals surface area contributed by atoms with Gasteiger partial charge in [0, 0.05) is 55.4 Å². The summed E-state index contributed by atoms with van der Waals surface area (Å²) in [6.45, 7) is 0.0919. The highest BCUT2D eigenvalue weighted by Gasteiger charge is 2.47. The van der Waals surface area contributed by atoms with Gasteiger partial charge < -0.3 is 25.2 Å². The molecule has 3 N–H and O–H groups in total. The second-order valence-electron chi connectivity index (χ2n) is 9.71. The molecule has 2 aliphatic heterocycles. The Balaban J connectivity index is 1.45. The highest BCUT2D eigenvalue weighted by Crippen LogP contribution is 2.39. The number of anilines is 2. The van der Waals surface area contributed by atoms with Gasteiger partial charge in [0.05, 0.1) is 11.9 Å². The minimum atomic E-state index is -3.09. The Morgan fingerprint density at radius 2 is 2.08 bits per heavy atom. The average Bonchev–Trinajstić information content (AvgIpc) is 3.58. The Kier molecular flexibility index (Phi) is 6.97. The maximum absolute atomic E-state index is 13.1. The first-order chi connectivity index (χ1) is 18.2. The van der Waals surface area contributed by atoms with Gasteiger partial charge in [-0.25, -0.2) is 0 Å². The molecule has 1 spiro atoms. The van der Waals surface area contributed by atoms with Gasteiger partial charge in [-0.2, -0.15) is 19.0 Å². The van der Waals surface area contributed by atoms with Crippen LogP contribution in [0.4, 0.5) is 20.3 Å². The summed E-state index contributed by atoms with van der Waals surface area (Å²) >= 11 is 6.17. The van der Waals surface area contributed by atoms with Crippen molar-refractivity contribution in [3.05, 3.63) is 41.2 Å². The number of halogens is 3. The molecule has 0 aliphatic carbocycles. The second kappa shape index (κ2) is 10.2. The zero-order valence-electron chi connectivity index (χ0n) is 20.8. The van der Waals surface area contributed by atoms with Crippen LogP contribution in [0.1, 0.15) is 16.8 Å². The lowest BCUT2D eigenvalue weighted by molar-refractivity contribution is -0.132. The zero-order valence-corrected chi connectivity index (χ0v) is 21.6. The number of ether oxygens (including phenoxy) is 1. The van der Waals surface area contributed by atoms with Crippen molar-refractivity contribution in [3.63, 3.8) is 0 Å². The lowest BCUT2D eigenvalue weighted by atomic mass is 9.79. The van der Waals surface area contributed by atoms with Gasteiger partial charge in [-0.05, 0) is 31.7 Å². The van der Waals surface area contributed by atoms with Crippen LogP contribution in [0.25, 0.3) is 11.3 Å². The topological polar surface area (TPSA) is 120 Å². The van der Waals surface area contributed by atoms with Gasteiger partial charge in [-0.15, -0.1) is 0 Å².